The number of hydrogen-bond acceptors (Lipinski definition) is 4. The lowest BCUT2D eigenvalue weighted by Crippen LogP contribution is -2.04. The van der Waals surface area contributed by atoms with Crippen LogP contribution in [-0.4, -0.2) is 19.9 Å². The highest BCUT2D eigenvalue weighted by atomic mass is 16.5. The van der Waals surface area contributed by atoms with Crippen LogP contribution in [0.3, 0.4) is 0 Å². The number of nitrogens with two attached hydrogens (primary N) is 2. The van der Waals surface area contributed by atoms with Crippen LogP contribution in [0.1, 0.15) is 18.4 Å². The standard InChI is InChI=1S/C12H17N3O/c1-15-6-9-4-11(14)12(5-10(9)13)16-7-8-2-3-8/h4-6,8H,2-3,7,13-14H2,1H3. The Labute approximate surface area is 95.3 Å². The molecule has 1 aliphatic rings. The Bertz CT molecular complexity index is 411. The summed E-state index contributed by atoms with van der Waals surface area (Å²) in [6.07, 6.45) is 4.21. The number of nitrogen functional groups attached to an aromatic ring is 2. The third-order valence-corrected chi connectivity index (χ3v) is 2.66. The van der Waals surface area contributed by atoms with Crippen molar-refractivity contribution in [2.75, 3.05) is 25.1 Å². The topological polar surface area (TPSA) is 73.6 Å². The molecule has 0 spiro atoms. The molecule has 0 saturated heterocycles. The summed E-state index contributed by atoms with van der Waals surface area (Å²) in [6, 6.07) is 3.57. The summed E-state index contributed by atoms with van der Waals surface area (Å²) < 4.78 is 5.63. The van der Waals surface area contributed by atoms with Crippen LogP contribution in [-0.2, 0) is 0 Å². The van der Waals surface area contributed by atoms with Gasteiger partial charge in [0, 0.05) is 30.6 Å². The number of hydrogen-bond donors (Lipinski definition) is 2. The minimum absolute atomic E-state index is 0.616. The Balaban J connectivity index is 2.15. The fourth-order valence-electron chi connectivity index (χ4n) is 1.50. The van der Waals surface area contributed by atoms with Gasteiger partial charge in [0.05, 0.1) is 12.3 Å². The van der Waals surface area contributed by atoms with E-state index in [-0.39, 0.29) is 0 Å². The molecule has 1 aromatic rings. The number of rotatable bonds is 4. The van der Waals surface area contributed by atoms with Crippen LogP contribution < -0.4 is 16.2 Å². The molecule has 0 atom stereocenters. The van der Waals surface area contributed by atoms with Crippen LogP contribution in [0.15, 0.2) is 17.1 Å². The van der Waals surface area contributed by atoms with Crippen molar-refractivity contribution in [3.63, 3.8) is 0 Å². The highest BCUT2D eigenvalue weighted by Gasteiger charge is 2.22. The maximum absolute atomic E-state index is 5.88. The van der Waals surface area contributed by atoms with Gasteiger partial charge in [0.2, 0.25) is 0 Å². The Kier molecular flexibility index (Phi) is 2.99. The number of aliphatic imine (C=N–C) groups is 1. The molecule has 0 unspecified atom stereocenters. The first-order valence-electron chi connectivity index (χ1n) is 5.44. The Morgan fingerprint density at radius 1 is 1.38 bits per heavy atom. The number of ether oxygens (including phenoxy) is 1. The number of benzene rings is 1. The highest BCUT2D eigenvalue weighted by molar-refractivity contribution is 5.89. The van der Waals surface area contributed by atoms with Crippen molar-refractivity contribution in [2.45, 2.75) is 12.8 Å². The largest absolute Gasteiger partial charge is 0.491 e. The van der Waals surface area contributed by atoms with Crippen molar-refractivity contribution in [1.82, 2.24) is 0 Å². The van der Waals surface area contributed by atoms with Crippen molar-refractivity contribution in [3.8, 4) is 5.75 Å². The predicted octanol–water partition coefficient (Wildman–Crippen LogP) is 1.69. The van der Waals surface area contributed by atoms with Crippen LogP contribution in [0.2, 0.25) is 0 Å². The summed E-state index contributed by atoms with van der Waals surface area (Å²) in [5.74, 6) is 1.38. The minimum atomic E-state index is 0.616. The lowest BCUT2D eigenvalue weighted by molar-refractivity contribution is 0.301. The zero-order chi connectivity index (χ0) is 11.5. The molecule has 4 N–H and O–H groups in total. The smallest absolute Gasteiger partial charge is 0.144 e. The van der Waals surface area contributed by atoms with Gasteiger partial charge in [-0.25, -0.2) is 0 Å². The zero-order valence-electron chi connectivity index (χ0n) is 9.44. The first kappa shape index (κ1) is 10.8. The van der Waals surface area contributed by atoms with E-state index >= 15 is 0 Å². The lowest BCUT2D eigenvalue weighted by Gasteiger charge is -2.10. The molecule has 0 radical (unpaired) electrons. The van der Waals surface area contributed by atoms with Crippen molar-refractivity contribution in [2.24, 2.45) is 10.9 Å². The van der Waals surface area contributed by atoms with E-state index in [1.165, 1.54) is 12.8 Å². The van der Waals surface area contributed by atoms with E-state index in [9.17, 15) is 0 Å². The van der Waals surface area contributed by atoms with Crippen LogP contribution >= 0.6 is 0 Å². The molecule has 0 aromatic heterocycles. The van der Waals surface area contributed by atoms with Gasteiger partial charge in [-0.05, 0) is 24.8 Å². The molecular formula is C12H17N3O. The number of anilines is 2. The molecule has 0 heterocycles. The van der Waals surface area contributed by atoms with Crippen LogP contribution in [0.4, 0.5) is 11.4 Å². The minimum Gasteiger partial charge on any atom is -0.491 e. The van der Waals surface area contributed by atoms with Gasteiger partial charge in [0.15, 0.2) is 0 Å². The number of nitrogens with zero attached hydrogens (tertiary/aromatic N) is 1. The van der Waals surface area contributed by atoms with Crippen LogP contribution in [0.25, 0.3) is 0 Å². The first-order valence-corrected chi connectivity index (χ1v) is 5.44. The average Bonchev–Trinajstić information content (AvgIpc) is 3.05. The SMILES string of the molecule is CN=Cc1cc(N)c(OCC2CC2)cc1N. The van der Waals surface area contributed by atoms with E-state index in [4.69, 9.17) is 16.2 Å². The van der Waals surface area contributed by atoms with Crippen molar-refractivity contribution in [1.29, 1.82) is 0 Å². The van der Waals surface area contributed by atoms with Gasteiger partial charge < -0.3 is 16.2 Å². The maximum Gasteiger partial charge on any atom is 0.144 e. The quantitative estimate of drug-likeness (QED) is 0.597. The maximum atomic E-state index is 5.88. The molecule has 0 amide bonds. The molecule has 1 aliphatic carbocycles. The van der Waals surface area contributed by atoms with E-state index in [2.05, 4.69) is 4.99 Å². The molecule has 1 fully saturated rings. The van der Waals surface area contributed by atoms with Crippen LogP contribution in [0, 0.1) is 5.92 Å². The first-order chi connectivity index (χ1) is 7.70. The van der Waals surface area contributed by atoms with Crippen molar-refractivity contribution in [3.05, 3.63) is 17.7 Å². The molecule has 4 heteroatoms. The molecule has 4 nitrogen and oxygen atoms in total. The third kappa shape index (κ3) is 2.45. The second kappa shape index (κ2) is 4.43. The van der Waals surface area contributed by atoms with Crippen molar-refractivity contribution < 1.29 is 4.74 Å². The van der Waals surface area contributed by atoms with E-state index in [0.29, 0.717) is 23.0 Å². The fraction of sp³-hybridized carbons (Fsp3) is 0.417. The van der Waals surface area contributed by atoms with E-state index in [0.717, 1.165) is 12.2 Å². The van der Waals surface area contributed by atoms with E-state index in [1.54, 1.807) is 25.4 Å². The second-order valence-electron chi connectivity index (χ2n) is 4.16. The lowest BCUT2D eigenvalue weighted by atomic mass is 10.1. The molecule has 16 heavy (non-hydrogen) atoms. The molecule has 2 rings (SSSR count). The molecule has 86 valence electrons. The average molecular weight is 219 g/mol. The summed E-state index contributed by atoms with van der Waals surface area (Å²) >= 11 is 0. The summed E-state index contributed by atoms with van der Waals surface area (Å²) in [5.41, 5.74) is 13.8. The Hall–Kier alpha value is -1.71. The Morgan fingerprint density at radius 2 is 2.12 bits per heavy atom. The monoisotopic (exact) mass is 219 g/mol. The second-order valence-corrected chi connectivity index (χ2v) is 4.16. The molecular weight excluding hydrogens is 202 g/mol. The molecule has 0 bridgehead atoms. The normalized spacial score (nSPS) is 15.6. The summed E-state index contributed by atoms with van der Waals surface area (Å²) in [5, 5.41) is 0. The summed E-state index contributed by atoms with van der Waals surface area (Å²) in [6.45, 7) is 0.741. The predicted molar refractivity (Wildman–Crippen MR) is 67.0 cm³/mol. The van der Waals surface area contributed by atoms with Crippen LogP contribution in [0.5, 0.6) is 5.75 Å². The van der Waals surface area contributed by atoms with Gasteiger partial charge in [-0.1, -0.05) is 0 Å². The van der Waals surface area contributed by atoms with Gasteiger partial charge in [-0.3, -0.25) is 4.99 Å². The molecule has 1 aromatic carbocycles. The van der Waals surface area contributed by atoms with Gasteiger partial charge in [0.1, 0.15) is 5.75 Å². The fourth-order valence-corrected chi connectivity index (χ4v) is 1.50. The molecule has 1 saturated carbocycles. The van der Waals surface area contributed by atoms with E-state index in [1.807, 2.05) is 0 Å². The van der Waals surface area contributed by atoms with Gasteiger partial charge in [-0.15, -0.1) is 0 Å². The van der Waals surface area contributed by atoms with E-state index < -0.39 is 0 Å². The third-order valence-electron chi connectivity index (χ3n) is 2.66. The molecule has 0 aliphatic heterocycles. The van der Waals surface area contributed by atoms with Gasteiger partial charge in [-0.2, -0.15) is 0 Å². The Morgan fingerprint density at radius 3 is 2.75 bits per heavy atom. The zero-order valence-corrected chi connectivity index (χ0v) is 9.44. The highest BCUT2D eigenvalue weighted by Crippen LogP contribution is 2.32. The summed E-state index contributed by atoms with van der Waals surface area (Å²) in [4.78, 5) is 3.92. The van der Waals surface area contributed by atoms with Gasteiger partial charge >= 0.3 is 0 Å². The summed E-state index contributed by atoms with van der Waals surface area (Å²) in [7, 11) is 1.70. The van der Waals surface area contributed by atoms with Gasteiger partial charge in [0.25, 0.3) is 0 Å². The van der Waals surface area contributed by atoms with Crippen molar-refractivity contribution >= 4 is 17.6 Å².